The van der Waals surface area contributed by atoms with E-state index in [9.17, 15) is 9.59 Å². The Bertz CT molecular complexity index is 295. The first-order valence-corrected chi connectivity index (χ1v) is 7.40. The van der Waals surface area contributed by atoms with Crippen molar-refractivity contribution < 1.29 is 14.7 Å². The molecule has 0 saturated carbocycles. The number of urea groups is 1. The first kappa shape index (κ1) is 18.7. The van der Waals surface area contributed by atoms with Crippen LogP contribution in [-0.2, 0) is 4.79 Å². The molecule has 0 aliphatic heterocycles. The molecule has 1 atom stereocenters. The van der Waals surface area contributed by atoms with Crippen molar-refractivity contribution in [3.05, 3.63) is 0 Å². The minimum absolute atomic E-state index is 0.219. The van der Waals surface area contributed by atoms with Gasteiger partial charge in [0.25, 0.3) is 0 Å². The van der Waals surface area contributed by atoms with E-state index in [0.717, 1.165) is 26.1 Å². The molecule has 2 amide bonds. The van der Waals surface area contributed by atoms with Crippen LogP contribution in [0.3, 0.4) is 0 Å². The zero-order chi connectivity index (χ0) is 15.5. The lowest BCUT2D eigenvalue weighted by molar-refractivity contribution is -0.139. The van der Waals surface area contributed by atoms with Crippen molar-refractivity contribution in [2.75, 3.05) is 26.2 Å². The van der Waals surface area contributed by atoms with Crippen LogP contribution in [0.1, 0.15) is 40.5 Å². The van der Waals surface area contributed by atoms with E-state index in [0.29, 0.717) is 13.0 Å². The Morgan fingerprint density at radius 1 is 1.20 bits per heavy atom. The summed E-state index contributed by atoms with van der Waals surface area (Å²) in [7, 11) is 0. The van der Waals surface area contributed by atoms with Gasteiger partial charge in [0, 0.05) is 13.1 Å². The molecule has 0 aliphatic rings. The molecule has 1 unspecified atom stereocenters. The standard InChI is InChI=1S/C14H29N3O3/c1-5-8-17(6-2)9-7-15-14(20)16-12(13(18)19)10-11(3)4/h11-12H,5-10H2,1-4H3,(H,18,19)(H2,15,16,20). The third-order valence-corrected chi connectivity index (χ3v) is 3.01. The zero-order valence-corrected chi connectivity index (χ0v) is 13.1. The first-order valence-electron chi connectivity index (χ1n) is 7.40. The van der Waals surface area contributed by atoms with Crippen molar-refractivity contribution in [3.8, 4) is 0 Å². The maximum absolute atomic E-state index is 11.7. The van der Waals surface area contributed by atoms with E-state index < -0.39 is 18.0 Å². The van der Waals surface area contributed by atoms with E-state index in [4.69, 9.17) is 5.11 Å². The highest BCUT2D eigenvalue weighted by Gasteiger charge is 2.20. The molecular weight excluding hydrogens is 258 g/mol. The number of likely N-dealkylation sites (N-methyl/N-ethyl adjacent to an activating group) is 1. The van der Waals surface area contributed by atoms with Gasteiger partial charge in [-0.05, 0) is 31.8 Å². The van der Waals surface area contributed by atoms with Gasteiger partial charge in [0.05, 0.1) is 0 Å². The highest BCUT2D eigenvalue weighted by molar-refractivity contribution is 5.82. The Kier molecular flexibility index (Phi) is 9.80. The lowest BCUT2D eigenvalue weighted by Gasteiger charge is -2.20. The quantitative estimate of drug-likeness (QED) is 0.569. The molecule has 118 valence electrons. The number of carboxylic acids is 1. The maximum Gasteiger partial charge on any atom is 0.326 e. The van der Waals surface area contributed by atoms with Crippen molar-refractivity contribution >= 4 is 12.0 Å². The van der Waals surface area contributed by atoms with Crippen molar-refractivity contribution in [2.24, 2.45) is 5.92 Å². The smallest absolute Gasteiger partial charge is 0.326 e. The van der Waals surface area contributed by atoms with E-state index >= 15 is 0 Å². The molecule has 0 radical (unpaired) electrons. The van der Waals surface area contributed by atoms with E-state index in [1.54, 1.807) is 0 Å². The molecular formula is C14H29N3O3. The van der Waals surface area contributed by atoms with Gasteiger partial charge in [0.1, 0.15) is 6.04 Å². The van der Waals surface area contributed by atoms with Crippen LogP contribution in [0, 0.1) is 5.92 Å². The summed E-state index contributed by atoms with van der Waals surface area (Å²) in [6.07, 6.45) is 1.51. The number of nitrogens with zero attached hydrogens (tertiary/aromatic N) is 1. The molecule has 0 heterocycles. The van der Waals surface area contributed by atoms with Crippen molar-refractivity contribution in [1.29, 1.82) is 0 Å². The molecule has 0 bridgehead atoms. The van der Waals surface area contributed by atoms with Gasteiger partial charge in [-0.1, -0.05) is 27.7 Å². The summed E-state index contributed by atoms with van der Waals surface area (Å²) in [5, 5.41) is 14.3. The summed E-state index contributed by atoms with van der Waals surface area (Å²) in [5.74, 6) is -0.772. The number of carbonyl (C=O) groups is 2. The minimum Gasteiger partial charge on any atom is -0.480 e. The van der Waals surface area contributed by atoms with Crippen LogP contribution in [0.15, 0.2) is 0 Å². The van der Waals surface area contributed by atoms with Gasteiger partial charge in [-0.3, -0.25) is 0 Å². The third-order valence-electron chi connectivity index (χ3n) is 3.01. The van der Waals surface area contributed by atoms with Crippen LogP contribution in [-0.4, -0.2) is 54.2 Å². The Morgan fingerprint density at radius 2 is 1.85 bits per heavy atom. The number of hydrogen-bond donors (Lipinski definition) is 3. The van der Waals surface area contributed by atoms with Gasteiger partial charge in [0.15, 0.2) is 0 Å². The molecule has 0 rings (SSSR count). The molecule has 0 saturated heterocycles. The molecule has 0 aliphatic carbocycles. The van der Waals surface area contributed by atoms with Crippen LogP contribution >= 0.6 is 0 Å². The van der Waals surface area contributed by atoms with Crippen molar-refractivity contribution in [3.63, 3.8) is 0 Å². The fraction of sp³-hybridized carbons (Fsp3) is 0.857. The van der Waals surface area contributed by atoms with Gasteiger partial charge >= 0.3 is 12.0 Å². The van der Waals surface area contributed by atoms with Gasteiger partial charge in [0.2, 0.25) is 0 Å². The van der Waals surface area contributed by atoms with Crippen LogP contribution in [0.4, 0.5) is 4.79 Å². The van der Waals surface area contributed by atoms with E-state index in [1.165, 1.54) is 0 Å². The maximum atomic E-state index is 11.7. The van der Waals surface area contributed by atoms with Crippen LogP contribution < -0.4 is 10.6 Å². The summed E-state index contributed by atoms with van der Waals surface area (Å²) in [6, 6.07) is -1.24. The molecule has 6 heteroatoms. The fourth-order valence-corrected chi connectivity index (χ4v) is 1.97. The van der Waals surface area contributed by atoms with Gasteiger partial charge in [-0.25, -0.2) is 9.59 Å². The molecule has 6 nitrogen and oxygen atoms in total. The lowest BCUT2D eigenvalue weighted by atomic mass is 10.0. The summed E-state index contributed by atoms with van der Waals surface area (Å²) >= 11 is 0. The average molecular weight is 287 g/mol. The second kappa shape index (κ2) is 10.5. The van der Waals surface area contributed by atoms with Gasteiger partial charge < -0.3 is 20.6 Å². The predicted octanol–water partition coefficient (Wildman–Crippen LogP) is 1.52. The largest absolute Gasteiger partial charge is 0.480 e. The number of amides is 2. The first-order chi connectivity index (χ1) is 9.40. The summed E-state index contributed by atoms with van der Waals surface area (Å²) < 4.78 is 0. The Morgan fingerprint density at radius 3 is 2.30 bits per heavy atom. The molecule has 3 N–H and O–H groups in total. The number of rotatable bonds is 10. The molecule has 0 spiro atoms. The topological polar surface area (TPSA) is 81.7 Å². The SMILES string of the molecule is CCCN(CC)CCNC(=O)NC(CC(C)C)C(=O)O. The predicted molar refractivity (Wildman–Crippen MR) is 79.8 cm³/mol. The van der Waals surface area contributed by atoms with Crippen LogP contribution in [0.2, 0.25) is 0 Å². The Hall–Kier alpha value is -1.30. The number of hydrogen-bond acceptors (Lipinski definition) is 3. The number of aliphatic carboxylic acids is 1. The summed E-state index contributed by atoms with van der Waals surface area (Å²) in [4.78, 5) is 24.9. The normalized spacial score (nSPS) is 12.5. The second-order valence-electron chi connectivity index (χ2n) is 5.35. The van der Waals surface area contributed by atoms with E-state index in [-0.39, 0.29) is 5.92 Å². The fourth-order valence-electron chi connectivity index (χ4n) is 1.97. The van der Waals surface area contributed by atoms with Crippen LogP contribution in [0.25, 0.3) is 0 Å². The Labute approximate surface area is 121 Å². The second-order valence-corrected chi connectivity index (χ2v) is 5.35. The highest BCUT2D eigenvalue weighted by atomic mass is 16.4. The minimum atomic E-state index is -0.991. The number of nitrogens with one attached hydrogen (secondary N) is 2. The van der Waals surface area contributed by atoms with Crippen molar-refractivity contribution in [1.82, 2.24) is 15.5 Å². The molecule has 20 heavy (non-hydrogen) atoms. The van der Waals surface area contributed by atoms with E-state index in [2.05, 4.69) is 29.4 Å². The van der Waals surface area contributed by atoms with Gasteiger partial charge in [-0.15, -0.1) is 0 Å². The van der Waals surface area contributed by atoms with Crippen molar-refractivity contribution in [2.45, 2.75) is 46.6 Å². The number of carbonyl (C=O) groups excluding carboxylic acids is 1. The van der Waals surface area contributed by atoms with Crippen LogP contribution in [0.5, 0.6) is 0 Å². The average Bonchev–Trinajstić information content (AvgIpc) is 2.36. The molecule has 0 aromatic rings. The highest BCUT2D eigenvalue weighted by Crippen LogP contribution is 2.04. The molecule has 0 aromatic carbocycles. The molecule has 0 aromatic heterocycles. The van der Waals surface area contributed by atoms with E-state index in [1.807, 2.05) is 13.8 Å². The number of carboxylic acid groups (broad SMARTS) is 1. The zero-order valence-electron chi connectivity index (χ0n) is 13.1. The lowest BCUT2D eigenvalue weighted by Crippen LogP contribution is -2.48. The summed E-state index contributed by atoms with van der Waals surface area (Å²) in [6.45, 7) is 11.3. The monoisotopic (exact) mass is 287 g/mol. The Balaban J connectivity index is 4.04. The third kappa shape index (κ3) is 8.74. The van der Waals surface area contributed by atoms with Gasteiger partial charge in [-0.2, -0.15) is 0 Å². The summed E-state index contributed by atoms with van der Waals surface area (Å²) in [5.41, 5.74) is 0. The molecule has 0 fully saturated rings.